The Bertz CT molecular complexity index is 743. The second kappa shape index (κ2) is 7.19. The molecule has 7 nitrogen and oxygen atoms in total. The van der Waals surface area contributed by atoms with Gasteiger partial charge in [0.2, 0.25) is 0 Å². The van der Waals surface area contributed by atoms with Crippen molar-refractivity contribution in [3.05, 3.63) is 65.2 Å². The van der Waals surface area contributed by atoms with Crippen LogP contribution in [-0.2, 0) is 4.84 Å². The van der Waals surface area contributed by atoms with Crippen LogP contribution >= 0.6 is 0 Å². The maximum absolute atomic E-state index is 12.3. The molecule has 0 radical (unpaired) electrons. The number of hydroxylamine groups is 1. The Hall–Kier alpha value is -3.19. The highest BCUT2D eigenvalue weighted by Crippen LogP contribution is 2.22. The summed E-state index contributed by atoms with van der Waals surface area (Å²) in [5.41, 5.74) is 2.13. The number of hydrogen-bond acceptors (Lipinski definition) is 4. The molecule has 2 aromatic carbocycles. The number of carbonyl (C=O) groups excluding carboxylic acids is 2. The molecule has 0 unspecified atom stereocenters. The predicted octanol–water partition coefficient (Wildman–Crippen LogP) is 1.93. The number of nitrogens with one attached hydrogen (secondary N) is 2. The standard InChI is InChI=1S/C16H14N2O5/c1-23-18-15(20)11-8-5-9-12(16(21)22)13(11)17-14(19)10-6-3-2-4-7-10/h2-9H,1H3,(H,17,19)(H,18,20)(H,21,22). The zero-order chi connectivity index (χ0) is 16.8. The molecule has 2 amide bonds. The lowest BCUT2D eigenvalue weighted by molar-refractivity contribution is 0.0538. The Morgan fingerprint density at radius 1 is 0.913 bits per heavy atom. The molecule has 0 saturated carbocycles. The summed E-state index contributed by atoms with van der Waals surface area (Å²) >= 11 is 0. The van der Waals surface area contributed by atoms with Gasteiger partial charge in [-0.15, -0.1) is 0 Å². The molecule has 23 heavy (non-hydrogen) atoms. The van der Waals surface area contributed by atoms with Crippen LogP contribution in [0.2, 0.25) is 0 Å². The fourth-order valence-corrected chi connectivity index (χ4v) is 1.98. The second-order valence-electron chi connectivity index (χ2n) is 4.49. The van der Waals surface area contributed by atoms with Crippen LogP contribution < -0.4 is 10.8 Å². The first-order valence-electron chi connectivity index (χ1n) is 6.60. The van der Waals surface area contributed by atoms with Crippen LogP contribution in [0, 0.1) is 0 Å². The molecular formula is C16H14N2O5. The zero-order valence-electron chi connectivity index (χ0n) is 12.2. The van der Waals surface area contributed by atoms with Crippen molar-refractivity contribution in [2.45, 2.75) is 0 Å². The van der Waals surface area contributed by atoms with E-state index in [2.05, 4.69) is 15.6 Å². The predicted molar refractivity (Wildman–Crippen MR) is 82.3 cm³/mol. The van der Waals surface area contributed by atoms with Crippen molar-refractivity contribution < 1.29 is 24.3 Å². The van der Waals surface area contributed by atoms with Crippen molar-refractivity contribution in [3.63, 3.8) is 0 Å². The Balaban J connectivity index is 2.44. The minimum Gasteiger partial charge on any atom is -0.478 e. The SMILES string of the molecule is CONC(=O)c1cccc(C(=O)O)c1NC(=O)c1ccccc1. The fraction of sp³-hybridized carbons (Fsp3) is 0.0625. The summed E-state index contributed by atoms with van der Waals surface area (Å²) in [5.74, 6) is -2.45. The van der Waals surface area contributed by atoms with Crippen molar-refractivity contribution in [1.29, 1.82) is 0 Å². The number of para-hydroxylation sites is 1. The van der Waals surface area contributed by atoms with E-state index in [1.54, 1.807) is 30.3 Å². The van der Waals surface area contributed by atoms with Crippen LogP contribution in [0.1, 0.15) is 31.1 Å². The van der Waals surface area contributed by atoms with E-state index in [9.17, 15) is 19.5 Å². The third-order valence-corrected chi connectivity index (χ3v) is 3.01. The van der Waals surface area contributed by atoms with E-state index >= 15 is 0 Å². The highest BCUT2D eigenvalue weighted by molar-refractivity contribution is 6.13. The first-order chi connectivity index (χ1) is 11.0. The first-order valence-corrected chi connectivity index (χ1v) is 6.60. The molecule has 0 spiro atoms. The van der Waals surface area contributed by atoms with Crippen LogP contribution in [-0.4, -0.2) is 30.0 Å². The third kappa shape index (κ3) is 3.72. The van der Waals surface area contributed by atoms with Gasteiger partial charge in [0.15, 0.2) is 0 Å². The van der Waals surface area contributed by atoms with E-state index in [1.807, 2.05) is 0 Å². The van der Waals surface area contributed by atoms with Crippen molar-refractivity contribution >= 4 is 23.5 Å². The van der Waals surface area contributed by atoms with E-state index < -0.39 is 17.8 Å². The van der Waals surface area contributed by atoms with Gasteiger partial charge in [-0.25, -0.2) is 10.3 Å². The van der Waals surface area contributed by atoms with Gasteiger partial charge in [0.1, 0.15) is 0 Å². The second-order valence-corrected chi connectivity index (χ2v) is 4.49. The van der Waals surface area contributed by atoms with E-state index in [0.29, 0.717) is 5.56 Å². The van der Waals surface area contributed by atoms with E-state index in [4.69, 9.17) is 0 Å². The van der Waals surface area contributed by atoms with Crippen LogP contribution in [0.25, 0.3) is 0 Å². The normalized spacial score (nSPS) is 9.96. The Morgan fingerprint density at radius 2 is 1.57 bits per heavy atom. The van der Waals surface area contributed by atoms with E-state index in [0.717, 1.165) is 0 Å². The third-order valence-electron chi connectivity index (χ3n) is 3.01. The number of aromatic carboxylic acids is 1. The summed E-state index contributed by atoms with van der Waals surface area (Å²) in [6.45, 7) is 0. The van der Waals surface area contributed by atoms with Gasteiger partial charge < -0.3 is 10.4 Å². The Morgan fingerprint density at radius 3 is 2.17 bits per heavy atom. The van der Waals surface area contributed by atoms with Gasteiger partial charge in [-0.3, -0.25) is 14.4 Å². The molecule has 2 rings (SSSR count). The maximum Gasteiger partial charge on any atom is 0.337 e. The lowest BCUT2D eigenvalue weighted by atomic mass is 10.1. The Kier molecular flexibility index (Phi) is 5.06. The fourth-order valence-electron chi connectivity index (χ4n) is 1.98. The molecule has 118 valence electrons. The number of anilines is 1. The van der Waals surface area contributed by atoms with E-state index in [1.165, 1.54) is 25.3 Å². The summed E-state index contributed by atoms with van der Waals surface area (Å²) in [5, 5.41) is 11.8. The minimum absolute atomic E-state index is 0.0176. The highest BCUT2D eigenvalue weighted by Gasteiger charge is 2.21. The van der Waals surface area contributed by atoms with Crippen LogP contribution in [0.15, 0.2) is 48.5 Å². The number of rotatable bonds is 5. The van der Waals surface area contributed by atoms with Crippen molar-refractivity contribution in [2.24, 2.45) is 0 Å². The van der Waals surface area contributed by atoms with Crippen molar-refractivity contribution in [3.8, 4) is 0 Å². The number of benzene rings is 2. The largest absolute Gasteiger partial charge is 0.478 e. The molecule has 0 saturated heterocycles. The lowest BCUT2D eigenvalue weighted by Crippen LogP contribution is -2.25. The van der Waals surface area contributed by atoms with Gasteiger partial charge in [0.25, 0.3) is 11.8 Å². The number of carboxylic acid groups (broad SMARTS) is 1. The van der Waals surface area contributed by atoms with Gasteiger partial charge in [0, 0.05) is 5.56 Å². The maximum atomic E-state index is 12.3. The minimum atomic E-state index is -1.26. The molecule has 0 aliphatic heterocycles. The lowest BCUT2D eigenvalue weighted by Gasteiger charge is -2.13. The number of amides is 2. The number of carbonyl (C=O) groups is 3. The molecule has 0 aliphatic carbocycles. The number of carboxylic acids is 1. The molecule has 7 heteroatoms. The molecule has 0 fully saturated rings. The van der Waals surface area contributed by atoms with Crippen molar-refractivity contribution in [1.82, 2.24) is 5.48 Å². The quantitative estimate of drug-likeness (QED) is 0.731. The summed E-state index contributed by atoms with van der Waals surface area (Å²) in [4.78, 5) is 40.1. The van der Waals surface area contributed by atoms with Gasteiger partial charge in [-0.1, -0.05) is 24.3 Å². The van der Waals surface area contributed by atoms with Crippen LogP contribution in [0.4, 0.5) is 5.69 Å². The monoisotopic (exact) mass is 314 g/mol. The molecular weight excluding hydrogens is 300 g/mol. The molecule has 0 atom stereocenters. The summed E-state index contributed by atoms with van der Waals surface area (Å²) < 4.78 is 0. The topological polar surface area (TPSA) is 105 Å². The molecule has 0 aliphatic rings. The number of hydrogen-bond donors (Lipinski definition) is 3. The van der Waals surface area contributed by atoms with Gasteiger partial charge >= 0.3 is 5.97 Å². The van der Waals surface area contributed by atoms with Gasteiger partial charge in [0.05, 0.1) is 23.9 Å². The zero-order valence-corrected chi connectivity index (χ0v) is 12.2. The molecule has 0 heterocycles. The molecule has 0 bridgehead atoms. The average Bonchev–Trinajstić information content (AvgIpc) is 2.55. The van der Waals surface area contributed by atoms with Crippen LogP contribution in [0.5, 0.6) is 0 Å². The average molecular weight is 314 g/mol. The van der Waals surface area contributed by atoms with Crippen LogP contribution in [0.3, 0.4) is 0 Å². The van der Waals surface area contributed by atoms with Crippen molar-refractivity contribution in [2.75, 3.05) is 12.4 Å². The summed E-state index contributed by atoms with van der Waals surface area (Å²) in [7, 11) is 1.25. The van der Waals surface area contributed by atoms with E-state index in [-0.39, 0.29) is 16.8 Å². The molecule has 2 aromatic rings. The van der Waals surface area contributed by atoms with Gasteiger partial charge in [-0.05, 0) is 24.3 Å². The first kappa shape index (κ1) is 16.2. The summed E-state index contributed by atoms with van der Waals surface area (Å²) in [6, 6.07) is 12.4. The molecule has 0 aromatic heterocycles. The Labute approximate surface area is 131 Å². The van der Waals surface area contributed by atoms with Gasteiger partial charge in [-0.2, -0.15) is 0 Å². The highest BCUT2D eigenvalue weighted by atomic mass is 16.6. The smallest absolute Gasteiger partial charge is 0.337 e. The summed E-state index contributed by atoms with van der Waals surface area (Å²) in [6.07, 6.45) is 0. The molecule has 3 N–H and O–H groups in total.